The number of carbonyl (C=O) groups is 1. The number of rotatable bonds is 1. The van der Waals surface area contributed by atoms with Crippen LogP contribution in [-0.4, -0.2) is 36.9 Å². The molecule has 2 rings (SSSR count). The highest BCUT2D eigenvalue weighted by atomic mass is 16.5. The van der Waals surface area contributed by atoms with Gasteiger partial charge in [0, 0.05) is 6.54 Å². The van der Waals surface area contributed by atoms with E-state index in [1.807, 2.05) is 0 Å². The maximum Gasteiger partial charge on any atom is 0.337 e. The lowest BCUT2D eigenvalue weighted by atomic mass is 9.58. The molecule has 0 unspecified atom stereocenters. The van der Waals surface area contributed by atoms with Gasteiger partial charge in [0.25, 0.3) is 0 Å². The van der Waals surface area contributed by atoms with Gasteiger partial charge >= 0.3 is 5.97 Å². The Hall–Kier alpha value is -0.610. The number of carbonyl (C=O) groups excluding carboxylic acids is 1. The average Bonchev–Trinajstić information content (AvgIpc) is 2.50. The van der Waals surface area contributed by atoms with Crippen molar-refractivity contribution in [3.05, 3.63) is 0 Å². The minimum absolute atomic E-state index is 0.170. The Kier molecular flexibility index (Phi) is 1.85. The summed E-state index contributed by atoms with van der Waals surface area (Å²) in [6, 6.07) is 0. The molecule has 0 aromatic carbocycles. The average molecular weight is 185 g/mol. The second kappa shape index (κ2) is 2.69. The molecule has 2 aliphatic rings. The SMILES string of the molecule is COC(=O)C1(O)CC2(CCNC2)C1. The van der Waals surface area contributed by atoms with Gasteiger partial charge in [0.2, 0.25) is 0 Å². The molecule has 2 N–H and O–H groups in total. The largest absolute Gasteiger partial charge is 0.467 e. The minimum Gasteiger partial charge on any atom is -0.467 e. The summed E-state index contributed by atoms with van der Waals surface area (Å²) in [7, 11) is 1.32. The quantitative estimate of drug-likeness (QED) is 0.549. The topological polar surface area (TPSA) is 58.6 Å². The first kappa shape index (κ1) is 8.97. The lowest BCUT2D eigenvalue weighted by Crippen LogP contribution is -2.58. The zero-order chi connectivity index (χ0) is 9.53. The van der Waals surface area contributed by atoms with Crippen molar-refractivity contribution < 1.29 is 14.6 Å². The van der Waals surface area contributed by atoms with Crippen LogP contribution in [-0.2, 0) is 9.53 Å². The molecule has 0 radical (unpaired) electrons. The first-order valence-electron chi connectivity index (χ1n) is 4.62. The van der Waals surface area contributed by atoms with Gasteiger partial charge in [-0.2, -0.15) is 0 Å². The van der Waals surface area contributed by atoms with E-state index in [1.165, 1.54) is 7.11 Å². The first-order valence-corrected chi connectivity index (χ1v) is 4.62. The van der Waals surface area contributed by atoms with Gasteiger partial charge < -0.3 is 15.2 Å². The Morgan fingerprint density at radius 3 is 2.69 bits per heavy atom. The number of hydrogen-bond donors (Lipinski definition) is 2. The maximum absolute atomic E-state index is 11.2. The van der Waals surface area contributed by atoms with E-state index in [9.17, 15) is 9.90 Å². The summed E-state index contributed by atoms with van der Waals surface area (Å²) in [4.78, 5) is 11.2. The summed E-state index contributed by atoms with van der Waals surface area (Å²) in [6.45, 7) is 1.92. The van der Waals surface area contributed by atoms with Crippen molar-refractivity contribution in [2.75, 3.05) is 20.2 Å². The van der Waals surface area contributed by atoms with E-state index in [1.54, 1.807) is 0 Å². The molecular weight excluding hydrogens is 170 g/mol. The molecule has 0 amide bonds. The second-order valence-electron chi connectivity index (χ2n) is 4.30. The molecule has 0 atom stereocenters. The molecule has 0 aromatic rings. The predicted molar refractivity (Wildman–Crippen MR) is 46.1 cm³/mol. The van der Waals surface area contributed by atoms with E-state index >= 15 is 0 Å². The molecule has 13 heavy (non-hydrogen) atoms. The third-order valence-electron chi connectivity index (χ3n) is 3.23. The molecule has 1 saturated heterocycles. The van der Waals surface area contributed by atoms with Gasteiger partial charge in [-0.1, -0.05) is 0 Å². The smallest absolute Gasteiger partial charge is 0.337 e. The fourth-order valence-corrected chi connectivity index (χ4v) is 2.62. The standard InChI is InChI=1S/C9H15NO3/c1-13-7(11)9(12)4-8(5-9)2-3-10-6-8/h10,12H,2-6H2,1H3. The molecule has 0 bridgehead atoms. The van der Waals surface area contributed by atoms with E-state index in [-0.39, 0.29) is 5.41 Å². The molecule has 74 valence electrons. The molecule has 4 nitrogen and oxygen atoms in total. The van der Waals surface area contributed by atoms with Gasteiger partial charge in [0.1, 0.15) is 0 Å². The van der Waals surface area contributed by atoms with Gasteiger partial charge in [0.05, 0.1) is 7.11 Å². The summed E-state index contributed by atoms with van der Waals surface area (Å²) in [5, 5.41) is 13.0. The Labute approximate surface area is 77.3 Å². The van der Waals surface area contributed by atoms with E-state index in [0.717, 1.165) is 19.5 Å². The molecule has 1 heterocycles. The van der Waals surface area contributed by atoms with Crippen LogP contribution in [0.4, 0.5) is 0 Å². The second-order valence-corrected chi connectivity index (χ2v) is 4.30. The van der Waals surface area contributed by atoms with Crippen LogP contribution in [0.2, 0.25) is 0 Å². The molecule has 2 fully saturated rings. The summed E-state index contributed by atoms with van der Waals surface area (Å²) >= 11 is 0. The number of methoxy groups -OCH3 is 1. The summed E-state index contributed by atoms with van der Waals surface area (Å²) in [5.41, 5.74) is -1.02. The van der Waals surface area contributed by atoms with E-state index in [0.29, 0.717) is 12.8 Å². The van der Waals surface area contributed by atoms with Crippen LogP contribution in [0.1, 0.15) is 19.3 Å². The monoisotopic (exact) mass is 185 g/mol. The first-order chi connectivity index (χ1) is 6.10. The van der Waals surface area contributed by atoms with E-state index in [4.69, 9.17) is 0 Å². The van der Waals surface area contributed by atoms with Crippen LogP contribution >= 0.6 is 0 Å². The number of nitrogens with one attached hydrogen (secondary N) is 1. The van der Waals surface area contributed by atoms with Gasteiger partial charge in [-0.05, 0) is 31.2 Å². The Bertz CT molecular complexity index is 225. The zero-order valence-electron chi connectivity index (χ0n) is 7.80. The van der Waals surface area contributed by atoms with Crippen molar-refractivity contribution in [3.8, 4) is 0 Å². The normalized spacial score (nSPS) is 43.2. The lowest BCUT2D eigenvalue weighted by Gasteiger charge is -2.49. The fraction of sp³-hybridized carbons (Fsp3) is 0.889. The van der Waals surface area contributed by atoms with Crippen LogP contribution in [0.15, 0.2) is 0 Å². The van der Waals surface area contributed by atoms with Gasteiger partial charge in [0.15, 0.2) is 5.60 Å². The highest BCUT2D eigenvalue weighted by Crippen LogP contribution is 2.52. The summed E-state index contributed by atoms with van der Waals surface area (Å²) in [6.07, 6.45) is 2.17. The molecule has 1 aliphatic heterocycles. The summed E-state index contributed by atoms with van der Waals surface area (Å²) in [5.74, 6) is -0.481. The van der Waals surface area contributed by atoms with E-state index < -0.39 is 11.6 Å². The molecule has 0 aromatic heterocycles. The fourth-order valence-electron chi connectivity index (χ4n) is 2.62. The molecule has 1 aliphatic carbocycles. The van der Waals surface area contributed by atoms with Crippen molar-refractivity contribution >= 4 is 5.97 Å². The van der Waals surface area contributed by atoms with Crippen LogP contribution in [0.5, 0.6) is 0 Å². The maximum atomic E-state index is 11.2. The number of ether oxygens (including phenoxy) is 1. The van der Waals surface area contributed by atoms with Gasteiger partial charge in [-0.25, -0.2) is 4.79 Å². The molecule has 4 heteroatoms. The highest BCUT2D eigenvalue weighted by molar-refractivity contribution is 5.80. The zero-order valence-corrected chi connectivity index (χ0v) is 7.80. The van der Waals surface area contributed by atoms with Gasteiger partial charge in [-0.3, -0.25) is 0 Å². The van der Waals surface area contributed by atoms with E-state index in [2.05, 4.69) is 10.1 Å². The Morgan fingerprint density at radius 2 is 2.23 bits per heavy atom. The number of hydrogen-bond acceptors (Lipinski definition) is 4. The van der Waals surface area contributed by atoms with Crippen molar-refractivity contribution in [2.45, 2.75) is 24.9 Å². The van der Waals surface area contributed by atoms with Gasteiger partial charge in [-0.15, -0.1) is 0 Å². The van der Waals surface area contributed by atoms with Crippen LogP contribution in [0.25, 0.3) is 0 Å². The lowest BCUT2D eigenvalue weighted by molar-refractivity contribution is -0.188. The molecular formula is C9H15NO3. The Morgan fingerprint density at radius 1 is 1.54 bits per heavy atom. The third kappa shape index (κ3) is 1.25. The predicted octanol–water partition coefficient (Wildman–Crippen LogP) is -0.336. The number of esters is 1. The molecule has 1 spiro atoms. The number of aliphatic hydroxyl groups is 1. The Balaban J connectivity index is 1.98. The minimum atomic E-state index is -1.19. The third-order valence-corrected chi connectivity index (χ3v) is 3.23. The van der Waals surface area contributed by atoms with Crippen molar-refractivity contribution in [3.63, 3.8) is 0 Å². The van der Waals surface area contributed by atoms with Crippen LogP contribution in [0, 0.1) is 5.41 Å². The molecule has 1 saturated carbocycles. The highest BCUT2D eigenvalue weighted by Gasteiger charge is 2.59. The van der Waals surface area contributed by atoms with Crippen molar-refractivity contribution in [1.82, 2.24) is 5.32 Å². The van der Waals surface area contributed by atoms with Crippen LogP contribution < -0.4 is 5.32 Å². The summed E-state index contributed by atoms with van der Waals surface area (Å²) < 4.78 is 4.55. The van der Waals surface area contributed by atoms with Crippen molar-refractivity contribution in [2.24, 2.45) is 5.41 Å². The van der Waals surface area contributed by atoms with Crippen molar-refractivity contribution in [1.29, 1.82) is 0 Å². The van der Waals surface area contributed by atoms with Crippen LogP contribution in [0.3, 0.4) is 0 Å².